The second-order valence-corrected chi connectivity index (χ2v) is 10.4. The number of benzene rings is 1. The Bertz CT molecular complexity index is 1220. The number of aromatic nitrogens is 1. The van der Waals surface area contributed by atoms with E-state index in [2.05, 4.69) is 10.3 Å². The molecule has 1 aromatic heterocycles. The van der Waals surface area contributed by atoms with Crippen molar-refractivity contribution in [3.05, 3.63) is 48.2 Å². The van der Waals surface area contributed by atoms with E-state index in [1.165, 1.54) is 4.90 Å². The number of alkyl halides is 3. The maximum atomic E-state index is 13.2. The van der Waals surface area contributed by atoms with Crippen LogP contribution >= 0.6 is 0 Å². The summed E-state index contributed by atoms with van der Waals surface area (Å²) < 4.78 is 66.8. The predicted octanol–water partition coefficient (Wildman–Crippen LogP) is 3.57. The van der Waals surface area contributed by atoms with Gasteiger partial charge in [-0.3, -0.25) is 4.79 Å². The summed E-state index contributed by atoms with van der Waals surface area (Å²) >= 11 is 0. The Hall–Kier alpha value is -3.19. The van der Waals surface area contributed by atoms with E-state index in [-0.39, 0.29) is 18.3 Å². The van der Waals surface area contributed by atoms with Gasteiger partial charge in [-0.25, -0.2) is 23.1 Å². The van der Waals surface area contributed by atoms with Crippen LogP contribution in [0.2, 0.25) is 0 Å². The summed E-state index contributed by atoms with van der Waals surface area (Å²) in [5.41, 5.74) is -6.08. The first-order valence-corrected chi connectivity index (χ1v) is 12.0. The molecule has 1 saturated heterocycles. The molecule has 2 heterocycles. The zero-order valence-electron chi connectivity index (χ0n) is 19.5. The number of sulfone groups is 1. The van der Waals surface area contributed by atoms with Crippen molar-refractivity contribution < 1.29 is 35.9 Å². The summed E-state index contributed by atoms with van der Waals surface area (Å²) in [6.07, 6.45) is 1.51. The molecule has 9 nitrogen and oxygen atoms in total. The lowest BCUT2D eigenvalue weighted by atomic mass is 10.0. The van der Waals surface area contributed by atoms with Gasteiger partial charge in [-0.15, -0.1) is 0 Å². The molecule has 1 fully saturated rings. The molecular formula is C22H25F3N4O5S. The van der Waals surface area contributed by atoms with E-state index in [0.717, 1.165) is 29.2 Å². The number of hydrogen-bond donors (Lipinski definition) is 1. The van der Waals surface area contributed by atoms with Crippen LogP contribution in [0.4, 0.5) is 29.5 Å². The van der Waals surface area contributed by atoms with Gasteiger partial charge in [0.15, 0.2) is 0 Å². The Morgan fingerprint density at radius 1 is 1.14 bits per heavy atom. The van der Waals surface area contributed by atoms with Crippen molar-refractivity contribution >= 4 is 33.3 Å². The maximum absolute atomic E-state index is 13.2. The van der Waals surface area contributed by atoms with Gasteiger partial charge in [0.25, 0.3) is 15.7 Å². The highest BCUT2D eigenvalue weighted by Gasteiger charge is 2.52. The highest BCUT2D eigenvalue weighted by molar-refractivity contribution is 7.92. The lowest BCUT2D eigenvalue weighted by Crippen LogP contribution is -2.43. The third-order valence-corrected chi connectivity index (χ3v) is 7.17. The Morgan fingerprint density at radius 2 is 1.77 bits per heavy atom. The van der Waals surface area contributed by atoms with Gasteiger partial charge >= 0.3 is 11.5 Å². The fourth-order valence-corrected chi connectivity index (χ4v) is 4.18. The van der Waals surface area contributed by atoms with Crippen LogP contribution in [0.5, 0.6) is 0 Å². The van der Waals surface area contributed by atoms with Crippen LogP contribution in [0.15, 0.2) is 47.5 Å². The fraction of sp³-hybridized carbons (Fsp3) is 0.409. The molecule has 1 atom stereocenters. The third kappa shape index (κ3) is 5.10. The molecule has 1 aliphatic heterocycles. The number of anilines is 2. The van der Waals surface area contributed by atoms with E-state index in [1.54, 1.807) is 39.3 Å². The number of pyridine rings is 1. The van der Waals surface area contributed by atoms with Crippen LogP contribution in [0.25, 0.3) is 0 Å². The largest absolute Gasteiger partial charge is 0.501 e. The summed E-state index contributed by atoms with van der Waals surface area (Å²) in [7, 11) is -3.97. The minimum atomic E-state index is -5.55. The Balaban J connectivity index is 1.84. The molecular weight excluding hydrogens is 489 g/mol. The van der Waals surface area contributed by atoms with E-state index < -0.39 is 37.7 Å². The summed E-state index contributed by atoms with van der Waals surface area (Å²) in [5, 5.41) is 3.12. The van der Waals surface area contributed by atoms with Crippen molar-refractivity contribution in [2.24, 2.45) is 0 Å². The monoisotopic (exact) mass is 514 g/mol. The van der Waals surface area contributed by atoms with Gasteiger partial charge in [0.1, 0.15) is 11.4 Å². The van der Waals surface area contributed by atoms with E-state index in [9.17, 15) is 31.2 Å². The molecule has 35 heavy (non-hydrogen) atoms. The highest BCUT2D eigenvalue weighted by atomic mass is 32.2. The number of methoxy groups -OCH3 is 1. The minimum Gasteiger partial charge on any atom is -0.380 e. The molecule has 0 bridgehead atoms. The smallest absolute Gasteiger partial charge is 0.380 e. The Labute approximate surface area is 200 Å². The van der Waals surface area contributed by atoms with Crippen molar-refractivity contribution in [2.45, 2.75) is 49.4 Å². The molecule has 2 aromatic rings. The highest BCUT2D eigenvalue weighted by Crippen LogP contribution is 2.35. The number of urea groups is 1. The average molecular weight is 515 g/mol. The number of carbonyl (C=O) groups is 2. The Kier molecular flexibility index (Phi) is 7.14. The van der Waals surface area contributed by atoms with Gasteiger partial charge < -0.3 is 15.0 Å². The molecule has 13 heteroatoms. The van der Waals surface area contributed by atoms with Gasteiger partial charge in [-0.05, 0) is 62.7 Å². The zero-order valence-corrected chi connectivity index (χ0v) is 20.3. The summed E-state index contributed by atoms with van der Waals surface area (Å²) in [4.78, 5) is 31.7. The molecule has 1 aliphatic rings. The molecule has 3 amide bonds. The van der Waals surface area contributed by atoms with Crippen LogP contribution in [-0.4, -0.2) is 61.0 Å². The second kappa shape index (κ2) is 9.46. The normalized spacial score (nSPS) is 17.1. The number of ether oxygens (including phenoxy) is 1. The molecule has 1 aromatic carbocycles. The quantitative estimate of drug-likeness (QED) is 0.537. The van der Waals surface area contributed by atoms with Crippen LogP contribution < -0.4 is 10.2 Å². The molecule has 0 unspecified atom stereocenters. The molecule has 0 saturated carbocycles. The number of rotatable bonds is 8. The SMILES string of the molecule is CO[C@H](C)CNc1cc(CN2C(=O)N(c3ccc(S(=O)(=O)C(F)(F)F)cc3)C(=O)C2(C)C)ccn1. The van der Waals surface area contributed by atoms with E-state index in [0.29, 0.717) is 17.9 Å². The van der Waals surface area contributed by atoms with Gasteiger partial charge in [-0.2, -0.15) is 13.2 Å². The van der Waals surface area contributed by atoms with Crippen LogP contribution in [0.3, 0.4) is 0 Å². The number of amides is 3. The number of hydrogen-bond acceptors (Lipinski definition) is 7. The van der Waals surface area contributed by atoms with Crippen molar-refractivity contribution in [1.29, 1.82) is 0 Å². The van der Waals surface area contributed by atoms with Crippen LogP contribution in [-0.2, 0) is 25.9 Å². The molecule has 1 N–H and O–H groups in total. The summed E-state index contributed by atoms with van der Waals surface area (Å²) in [6, 6.07) is 6.17. The standard InChI is InChI=1S/C22H25F3N4O5S/c1-14(34-4)12-27-18-11-15(9-10-26-18)13-28-20(31)29(19(30)21(28,2)3)16-5-7-17(8-6-16)35(32,33)22(23,24)25/h5-11,14H,12-13H2,1-4H3,(H,26,27)/t14-/m1/s1. The summed E-state index contributed by atoms with van der Waals surface area (Å²) in [6.45, 7) is 5.55. The van der Waals surface area contributed by atoms with Crippen molar-refractivity contribution in [3.63, 3.8) is 0 Å². The molecule has 0 aliphatic carbocycles. The van der Waals surface area contributed by atoms with Crippen molar-refractivity contribution in [3.8, 4) is 0 Å². The van der Waals surface area contributed by atoms with Gasteiger partial charge in [0, 0.05) is 26.4 Å². The first-order chi connectivity index (χ1) is 16.2. The zero-order chi connectivity index (χ0) is 26.2. The molecule has 3 rings (SSSR count). The maximum Gasteiger partial charge on any atom is 0.501 e. The lowest BCUT2D eigenvalue weighted by Gasteiger charge is -2.27. The fourth-order valence-electron chi connectivity index (χ4n) is 3.42. The third-order valence-electron chi connectivity index (χ3n) is 5.67. The number of carbonyl (C=O) groups excluding carboxylic acids is 2. The van der Waals surface area contributed by atoms with Gasteiger partial charge in [0.05, 0.1) is 16.7 Å². The lowest BCUT2D eigenvalue weighted by molar-refractivity contribution is -0.123. The first kappa shape index (κ1) is 26.4. The molecule has 0 spiro atoms. The number of halogens is 3. The molecule has 0 radical (unpaired) electrons. The van der Waals surface area contributed by atoms with Crippen molar-refractivity contribution in [2.75, 3.05) is 23.9 Å². The van der Waals surface area contributed by atoms with Gasteiger partial charge in [0.2, 0.25) is 0 Å². The van der Waals surface area contributed by atoms with Crippen molar-refractivity contribution in [1.82, 2.24) is 9.88 Å². The van der Waals surface area contributed by atoms with Crippen LogP contribution in [0.1, 0.15) is 26.3 Å². The summed E-state index contributed by atoms with van der Waals surface area (Å²) in [5.74, 6) is -0.0456. The van der Waals surface area contributed by atoms with E-state index in [4.69, 9.17) is 4.74 Å². The first-order valence-electron chi connectivity index (χ1n) is 10.5. The second-order valence-electron chi connectivity index (χ2n) is 8.49. The number of nitrogens with zero attached hydrogens (tertiary/aromatic N) is 3. The topological polar surface area (TPSA) is 109 Å². The average Bonchev–Trinajstić information content (AvgIpc) is 2.96. The van der Waals surface area contributed by atoms with Crippen LogP contribution in [0, 0.1) is 0 Å². The van der Waals surface area contributed by atoms with E-state index in [1.807, 2.05) is 6.92 Å². The number of nitrogens with one attached hydrogen (secondary N) is 1. The van der Waals surface area contributed by atoms with E-state index >= 15 is 0 Å². The predicted molar refractivity (Wildman–Crippen MR) is 121 cm³/mol. The number of imide groups is 1. The Morgan fingerprint density at radius 3 is 2.34 bits per heavy atom. The van der Waals surface area contributed by atoms with Gasteiger partial charge in [-0.1, -0.05) is 0 Å². The minimum absolute atomic E-state index is 0.0395. The molecule has 190 valence electrons.